The maximum Gasteiger partial charge on any atom is 0.220 e. The van der Waals surface area contributed by atoms with Gasteiger partial charge < -0.3 is 16.2 Å². The Labute approximate surface area is 129 Å². The number of amides is 1. The molecule has 1 aromatic heterocycles. The third kappa shape index (κ3) is 3.55. The van der Waals surface area contributed by atoms with Gasteiger partial charge in [0.1, 0.15) is 0 Å². The molecule has 0 radical (unpaired) electrons. The van der Waals surface area contributed by atoms with Crippen molar-refractivity contribution < 1.29 is 9.90 Å². The van der Waals surface area contributed by atoms with Crippen LogP contribution in [0.3, 0.4) is 0 Å². The molecule has 3 rings (SSSR count). The van der Waals surface area contributed by atoms with E-state index >= 15 is 0 Å². The molecule has 5 nitrogen and oxygen atoms in total. The number of rotatable bonds is 3. The number of fused-ring (bicyclic) bond motifs is 1. The van der Waals surface area contributed by atoms with Crippen LogP contribution < -0.4 is 11.1 Å². The van der Waals surface area contributed by atoms with E-state index in [9.17, 15) is 9.90 Å². The summed E-state index contributed by atoms with van der Waals surface area (Å²) >= 11 is 1.53. The molecule has 2 aliphatic rings. The highest BCUT2D eigenvalue weighted by molar-refractivity contribution is 7.15. The van der Waals surface area contributed by atoms with Crippen LogP contribution in [0.4, 0.5) is 5.13 Å². The number of aliphatic hydroxyl groups is 1. The van der Waals surface area contributed by atoms with Crippen molar-refractivity contribution >= 4 is 22.4 Å². The van der Waals surface area contributed by atoms with Crippen LogP contribution in [0.1, 0.15) is 49.1 Å². The number of nitrogens with zero attached hydrogens (tertiary/aromatic N) is 1. The molecule has 0 spiro atoms. The number of aromatic nitrogens is 1. The van der Waals surface area contributed by atoms with Gasteiger partial charge in [-0.1, -0.05) is 12.8 Å². The smallest absolute Gasteiger partial charge is 0.220 e. The van der Waals surface area contributed by atoms with Gasteiger partial charge in [-0.05, 0) is 31.6 Å². The number of hydrogen-bond acceptors (Lipinski definition) is 5. The Kier molecular flexibility index (Phi) is 4.45. The fraction of sp³-hybridized carbons (Fsp3) is 0.733. The first-order valence-electron chi connectivity index (χ1n) is 7.83. The summed E-state index contributed by atoms with van der Waals surface area (Å²) < 4.78 is 0. The quantitative estimate of drug-likeness (QED) is 0.792. The highest BCUT2D eigenvalue weighted by Gasteiger charge is 2.27. The molecular weight excluding hydrogens is 286 g/mol. The molecule has 1 fully saturated rings. The van der Waals surface area contributed by atoms with Crippen molar-refractivity contribution in [2.24, 2.45) is 5.92 Å². The van der Waals surface area contributed by atoms with Gasteiger partial charge in [0.05, 0.1) is 11.8 Å². The minimum Gasteiger partial charge on any atom is -0.393 e. The van der Waals surface area contributed by atoms with Crippen molar-refractivity contribution in [3.63, 3.8) is 0 Å². The molecule has 3 atom stereocenters. The molecule has 0 unspecified atom stereocenters. The Bertz CT molecular complexity index is 517. The second-order valence-corrected chi connectivity index (χ2v) is 7.36. The van der Waals surface area contributed by atoms with Crippen LogP contribution in [0, 0.1) is 5.92 Å². The molecule has 1 saturated carbocycles. The summed E-state index contributed by atoms with van der Waals surface area (Å²) in [6.45, 7) is 0. The number of nitrogens with two attached hydrogens (primary N) is 1. The molecule has 21 heavy (non-hydrogen) atoms. The number of aliphatic hydroxyl groups excluding tert-OH is 1. The van der Waals surface area contributed by atoms with Crippen molar-refractivity contribution in [3.05, 3.63) is 10.6 Å². The first-order valence-corrected chi connectivity index (χ1v) is 8.65. The van der Waals surface area contributed by atoms with Crippen LogP contribution >= 0.6 is 11.3 Å². The predicted octanol–water partition coefficient (Wildman–Crippen LogP) is 1.64. The second-order valence-electron chi connectivity index (χ2n) is 6.25. The molecule has 4 N–H and O–H groups in total. The highest BCUT2D eigenvalue weighted by atomic mass is 32.1. The minimum atomic E-state index is -0.302. The van der Waals surface area contributed by atoms with Crippen LogP contribution in [0.25, 0.3) is 0 Å². The molecule has 116 valence electrons. The second kappa shape index (κ2) is 6.32. The molecule has 0 aliphatic heterocycles. The molecular formula is C15H23N3O2S. The summed E-state index contributed by atoms with van der Waals surface area (Å²) in [7, 11) is 0. The number of hydrogen-bond donors (Lipinski definition) is 3. The number of anilines is 1. The number of aryl methyl sites for hydroxylation is 1. The Morgan fingerprint density at radius 2 is 2.19 bits per heavy atom. The van der Waals surface area contributed by atoms with E-state index in [1.165, 1.54) is 16.2 Å². The van der Waals surface area contributed by atoms with E-state index in [1.807, 2.05) is 0 Å². The lowest BCUT2D eigenvalue weighted by Gasteiger charge is -2.28. The lowest BCUT2D eigenvalue weighted by atomic mass is 9.84. The maximum absolute atomic E-state index is 12.2. The fourth-order valence-electron chi connectivity index (χ4n) is 3.47. The first-order chi connectivity index (χ1) is 10.1. The number of nitrogens with one attached hydrogen (secondary N) is 1. The first kappa shape index (κ1) is 14.8. The lowest BCUT2D eigenvalue weighted by Crippen LogP contribution is -2.40. The van der Waals surface area contributed by atoms with E-state index in [4.69, 9.17) is 5.73 Å². The van der Waals surface area contributed by atoms with Crippen molar-refractivity contribution in [1.29, 1.82) is 0 Å². The number of thiazole rings is 1. The molecule has 0 bridgehead atoms. The number of carbonyl (C=O) groups excluding carboxylic acids is 1. The number of carbonyl (C=O) groups is 1. The third-order valence-corrected chi connectivity index (χ3v) is 5.59. The van der Waals surface area contributed by atoms with E-state index in [1.54, 1.807) is 0 Å². The molecule has 6 heteroatoms. The topological polar surface area (TPSA) is 88.2 Å². The van der Waals surface area contributed by atoms with Gasteiger partial charge in [-0.25, -0.2) is 4.98 Å². The van der Waals surface area contributed by atoms with E-state index in [2.05, 4.69) is 10.3 Å². The van der Waals surface area contributed by atoms with Gasteiger partial charge in [0, 0.05) is 23.8 Å². The standard InChI is InChI=1S/C15H23N3O2S/c16-15-18-11-6-5-10(8-13(11)21-15)17-14(20)7-9-3-1-2-4-12(9)19/h9-10,12,19H,1-8H2,(H2,16,18)(H,17,20)/t9-,10-,12+/m0/s1. The number of nitrogen functional groups attached to an aromatic ring is 1. The molecule has 0 saturated heterocycles. The summed E-state index contributed by atoms with van der Waals surface area (Å²) in [6, 6.07) is 0.186. The zero-order chi connectivity index (χ0) is 14.8. The monoisotopic (exact) mass is 309 g/mol. The summed E-state index contributed by atoms with van der Waals surface area (Å²) in [6.07, 6.45) is 6.82. The summed E-state index contributed by atoms with van der Waals surface area (Å²) in [5, 5.41) is 13.7. The summed E-state index contributed by atoms with van der Waals surface area (Å²) in [5.41, 5.74) is 6.84. The molecule has 0 aromatic carbocycles. The SMILES string of the molecule is Nc1nc2c(s1)C[C@@H](NC(=O)C[C@@H]1CCCC[C@H]1O)CC2. The molecule has 1 heterocycles. The zero-order valence-electron chi connectivity index (χ0n) is 12.2. The average molecular weight is 309 g/mol. The largest absolute Gasteiger partial charge is 0.393 e. The predicted molar refractivity (Wildman–Crippen MR) is 83.1 cm³/mol. The van der Waals surface area contributed by atoms with Crippen LogP contribution in [0.15, 0.2) is 0 Å². The summed E-state index contributed by atoms with van der Waals surface area (Å²) in [4.78, 5) is 17.7. The highest BCUT2D eigenvalue weighted by Crippen LogP contribution is 2.29. The van der Waals surface area contributed by atoms with E-state index in [0.29, 0.717) is 11.6 Å². The molecule has 1 amide bonds. The van der Waals surface area contributed by atoms with Crippen LogP contribution in [-0.4, -0.2) is 28.1 Å². The van der Waals surface area contributed by atoms with Gasteiger partial charge in [0.2, 0.25) is 5.91 Å². The Hall–Kier alpha value is -1.14. The van der Waals surface area contributed by atoms with Gasteiger partial charge in [-0.2, -0.15) is 0 Å². The fourth-order valence-corrected chi connectivity index (χ4v) is 4.43. The van der Waals surface area contributed by atoms with E-state index < -0.39 is 0 Å². The van der Waals surface area contributed by atoms with Gasteiger partial charge in [0.15, 0.2) is 5.13 Å². The third-order valence-electron chi connectivity index (χ3n) is 4.64. The van der Waals surface area contributed by atoms with Gasteiger partial charge in [-0.15, -0.1) is 11.3 Å². The van der Waals surface area contributed by atoms with Crippen LogP contribution in [0.2, 0.25) is 0 Å². The molecule has 1 aromatic rings. The van der Waals surface area contributed by atoms with Crippen molar-refractivity contribution in [1.82, 2.24) is 10.3 Å². The minimum absolute atomic E-state index is 0.0758. The van der Waals surface area contributed by atoms with Crippen molar-refractivity contribution in [2.45, 2.75) is 63.5 Å². The Balaban J connectivity index is 1.51. The van der Waals surface area contributed by atoms with Crippen LogP contribution in [-0.2, 0) is 17.6 Å². The zero-order valence-corrected chi connectivity index (χ0v) is 13.0. The Morgan fingerprint density at radius 1 is 1.38 bits per heavy atom. The van der Waals surface area contributed by atoms with Gasteiger partial charge in [-0.3, -0.25) is 4.79 Å². The lowest BCUT2D eigenvalue weighted by molar-refractivity contribution is -0.124. The van der Waals surface area contributed by atoms with Crippen LogP contribution in [0.5, 0.6) is 0 Å². The van der Waals surface area contributed by atoms with Crippen molar-refractivity contribution in [2.75, 3.05) is 5.73 Å². The Morgan fingerprint density at radius 3 is 3.00 bits per heavy atom. The van der Waals surface area contributed by atoms with Crippen molar-refractivity contribution in [3.8, 4) is 0 Å². The van der Waals surface area contributed by atoms with E-state index in [-0.39, 0.29) is 24.0 Å². The maximum atomic E-state index is 12.2. The average Bonchev–Trinajstić information content (AvgIpc) is 2.80. The summed E-state index contributed by atoms with van der Waals surface area (Å²) in [5.74, 6) is 0.212. The van der Waals surface area contributed by atoms with E-state index in [0.717, 1.165) is 50.6 Å². The van der Waals surface area contributed by atoms with Gasteiger partial charge >= 0.3 is 0 Å². The van der Waals surface area contributed by atoms with Gasteiger partial charge in [0.25, 0.3) is 0 Å². The normalized spacial score (nSPS) is 28.9. The molecule has 2 aliphatic carbocycles.